The zero-order valence-corrected chi connectivity index (χ0v) is 10.3. The normalized spacial score (nSPS) is 30.4. The van der Waals surface area contributed by atoms with Gasteiger partial charge in [-0.1, -0.05) is 12.1 Å². The molecule has 2 aromatic rings. The van der Waals surface area contributed by atoms with Crippen LogP contribution in [-0.2, 0) is 6.42 Å². The van der Waals surface area contributed by atoms with Crippen molar-refractivity contribution in [3.8, 4) is 0 Å². The van der Waals surface area contributed by atoms with Gasteiger partial charge in [-0.05, 0) is 36.0 Å². The van der Waals surface area contributed by atoms with Gasteiger partial charge in [-0.15, -0.1) is 0 Å². The Bertz CT molecular complexity index is 589. The fourth-order valence-corrected chi connectivity index (χ4v) is 3.76. The Kier molecular flexibility index (Phi) is 2.26. The van der Waals surface area contributed by atoms with Gasteiger partial charge >= 0.3 is 0 Å². The van der Waals surface area contributed by atoms with E-state index in [0.717, 1.165) is 19.4 Å². The summed E-state index contributed by atoms with van der Waals surface area (Å²) in [5.74, 6) is 0.963. The molecule has 3 heteroatoms. The van der Waals surface area contributed by atoms with Gasteiger partial charge in [0.25, 0.3) is 0 Å². The van der Waals surface area contributed by atoms with E-state index in [1.807, 2.05) is 0 Å². The van der Waals surface area contributed by atoms with E-state index >= 15 is 0 Å². The van der Waals surface area contributed by atoms with E-state index in [1.54, 1.807) is 0 Å². The minimum Gasteiger partial charge on any atom is -0.396 e. The standard InChI is InChI=1S/C15H18N2O/c18-8-9-4-12-11-2-1-3-13-15(11)10(7-17-13)5-14(12)16-6-9/h1-3,7,9,12,14,16-18H,4-6,8H2. The van der Waals surface area contributed by atoms with Crippen LogP contribution in [0.15, 0.2) is 24.4 Å². The molecule has 0 radical (unpaired) electrons. The molecule has 3 nitrogen and oxygen atoms in total. The van der Waals surface area contributed by atoms with Crippen molar-refractivity contribution in [3.05, 3.63) is 35.5 Å². The van der Waals surface area contributed by atoms with Crippen molar-refractivity contribution in [3.63, 3.8) is 0 Å². The summed E-state index contributed by atoms with van der Waals surface area (Å²) < 4.78 is 0. The molecule has 3 N–H and O–H groups in total. The first-order valence-electron chi connectivity index (χ1n) is 6.80. The van der Waals surface area contributed by atoms with Crippen molar-refractivity contribution in [1.29, 1.82) is 0 Å². The second-order valence-corrected chi connectivity index (χ2v) is 5.69. The minimum absolute atomic E-state index is 0.298. The predicted octanol–water partition coefficient (Wildman–Crippen LogP) is 1.78. The SMILES string of the molecule is OCC1CNC2Cc3c[nH]c4cccc(c34)C2C1. The molecule has 1 aromatic carbocycles. The molecule has 1 saturated heterocycles. The largest absolute Gasteiger partial charge is 0.396 e. The van der Waals surface area contributed by atoms with Crippen LogP contribution in [0.25, 0.3) is 10.9 Å². The van der Waals surface area contributed by atoms with E-state index in [0.29, 0.717) is 24.5 Å². The zero-order valence-electron chi connectivity index (χ0n) is 10.3. The number of aromatic nitrogens is 1. The van der Waals surface area contributed by atoms with Crippen LogP contribution >= 0.6 is 0 Å². The van der Waals surface area contributed by atoms with Gasteiger partial charge in [-0.2, -0.15) is 0 Å². The van der Waals surface area contributed by atoms with Crippen LogP contribution < -0.4 is 5.32 Å². The number of hydrogen-bond donors (Lipinski definition) is 3. The maximum Gasteiger partial charge on any atom is 0.0471 e. The van der Waals surface area contributed by atoms with E-state index < -0.39 is 0 Å². The van der Waals surface area contributed by atoms with E-state index in [9.17, 15) is 5.11 Å². The molecule has 18 heavy (non-hydrogen) atoms. The number of rotatable bonds is 1. The molecular weight excluding hydrogens is 224 g/mol. The summed E-state index contributed by atoms with van der Waals surface area (Å²) >= 11 is 0. The van der Waals surface area contributed by atoms with E-state index in [2.05, 4.69) is 34.7 Å². The monoisotopic (exact) mass is 242 g/mol. The number of aliphatic hydroxyl groups is 1. The molecule has 0 bridgehead atoms. The number of piperidine rings is 1. The highest BCUT2D eigenvalue weighted by atomic mass is 16.3. The molecule has 0 amide bonds. The first kappa shape index (κ1) is 10.6. The van der Waals surface area contributed by atoms with Gasteiger partial charge in [0, 0.05) is 42.2 Å². The Morgan fingerprint density at radius 3 is 3.17 bits per heavy atom. The smallest absolute Gasteiger partial charge is 0.0471 e. The van der Waals surface area contributed by atoms with Crippen LogP contribution in [0.1, 0.15) is 23.5 Å². The maximum atomic E-state index is 9.38. The number of fused-ring (bicyclic) bond motifs is 2. The fraction of sp³-hybridized carbons (Fsp3) is 0.467. The molecule has 2 heterocycles. The molecule has 3 atom stereocenters. The highest BCUT2D eigenvalue weighted by Gasteiger charge is 2.35. The van der Waals surface area contributed by atoms with Crippen molar-refractivity contribution in [2.24, 2.45) is 5.92 Å². The van der Waals surface area contributed by atoms with Gasteiger partial charge in [0.1, 0.15) is 0 Å². The average Bonchev–Trinajstić information content (AvgIpc) is 2.83. The molecule has 1 aliphatic heterocycles. The zero-order chi connectivity index (χ0) is 12.1. The number of aliphatic hydroxyl groups excluding tert-OH is 1. The molecule has 0 saturated carbocycles. The number of H-pyrrole nitrogens is 1. The summed E-state index contributed by atoms with van der Waals surface area (Å²) in [5.41, 5.74) is 4.16. The van der Waals surface area contributed by atoms with Crippen LogP contribution in [0, 0.1) is 5.92 Å². The summed E-state index contributed by atoms with van der Waals surface area (Å²) in [5, 5.41) is 14.4. The van der Waals surface area contributed by atoms with Crippen molar-refractivity contribution < 1.29 is 5.11 Å². The number of benzene rings is 1. The Morgan fingerprint density at radius 2 is 2.28 bits per heavy atom. The molecule has 0 spiro atoms. The topological polar surface area (TPSA) is 48.0 Å². The number of aromatic amines is 1. The molecule has 2 aliphatic rings. The summed E-state index contributed by atoms with van der Waals surface area (Å²) in [6.45, 7) is 1.25. The van der Waals surface area contributed by atoms with Crippen molar-refractivity contribution in [1.82, 2.24) is 10.3 Å². The molecule has 1 aliphatic carbocycles. The molecule has 3 unspecified atom stereocenters. The van der Waals surface area contributed by atoms with Crippen LogP contribution in [0.5, 0.6) is 0 Å². The summed E-state index contributed by atoms with van der Waals surface area (Å²) in [6.07, 6.45) is 4.38. The number of nitrogens with one attached hydrogen (secondary N) is 2. The molecule has 94 valence electrons. The first-order chi connectivity index (χ1) is 8.86. The average molecular weight is 242 g/mol. The van der Waals surface area contributed by atoms with E-state index in [1.165, 1.54) is 22.0 Å². The minimum atomic E-state index is 0.298. The van der Waals surface area contributed by atoms with Gasteiger partial charge in [0.05, 0.1) is 0 Å². The quantitative estimate of drug-likeness (QED) is 0.714. The van der Waals surface area contributed by atoms with Crippen molar-refractivity contribution >= 4 is 10.9 Å². The van der Waals surface area contributed by atoms with E-state index in [-0.39, 0.29) is 0 Å². The van der Waals surface area contributed by atoms with Gasteiger partial charge in [-0.25, -0.2) is 0 Å². The van der Waals surface area contributed by atoms with Crippen molar-refractivity contribution in [2.75, 3.05) is 13.2 Å². The Hall–Kier alpha value is -1.32. The molecule has 1 aromatic heterocycles. The first-order valence-corrected chi connectivity index (χ1v) is 6.80. The fourth-order valence-electron chi connectivity index (χ4n) is 3.76. The van der Waals surface area contributed by atoms with Crippen molar-refractivity contribution in [2.45, 2.75) is 24.8 Å². The third-order valence-electron chi connectivity index (χ3n) is 4.66. The summed E-state index contributed by atoms with van der Waals surface area (Å²) in [7, 11) is 0. The Balaban J connectivity index is 1.85. The summed E-state index contributed by atoms with van der Waals surface area (Å²) in [6, 6.07) is 7.10. The van der Waals surface area contributed by atoms with Gasteiger partial charge in [-0.3, -0.25) is 0 Å². The Labute approximate surface area is 106 Å². The van der Waals surface area contributed by atoms with Crippen LogP contribution in [0.4, 0.5) is 0 Å². The second-order valence-electron chi connectivity index (χ2n) is 5.69. The van der Waals surface area contributed by atoms with Crippen LogP contribution in [0.2, 0.25) is 0 Å². The predicted molar refractivity (Wildman–Crippen MR) is 71.7 cm³/mol. The molecule has 1 fully saturated rings. The van der Waals surface area contributed by atoms with Crippen LogP contribution in [-0.4, -0.2) is 29.3 Å². The number of hydrogen-bond acceptors (Lipinski definition) is 2. The lowest BCUT2D eigenvalue weighted by Crippen LogP contribution is -2.47. The maximum absolute atomic E-state index is 9.38. The van der Waals surface area contributed by atoms with E-state index in [4.69, 9.17) is 0 Å². The lowest BCUT2D eigenvalue weighted by molar-refractivity contribution is 0.168. The van der Waals surface area contributed by atoms with Gasteiger partial charge < -0.3 is 15.4 Å². The lowest BCUT2D eigenvalue weighted by Gasteiger charge is -2.39. The molecular formula is C15H18N2O. The highest BCUT2D eigenvalue weighted by molar-refractivity contribution is 5.88. The summed E-state index contributed by atoms with van der Waals surface area (Å²) in [4.78, 5) is 3.38. The Morgan fingerprint density at radius 1 is 1.33 bits per heavy atom. The van der Waals surface area contributed by atoms with Gasteiger partial charge in [0.15, 0.2) is 0 Å². The molecule has 4 rings (SSSR count). The second kappa shape index (κ2) is 3.84. The van der Waals surface area contributed by atoms with Gasteiger partial charge in [0.2, 0.25) is 0 Å². The third-order valence-corrected chi connectivity index (χ3v) is 4.66. The lowest BCUT2D eigenvalue weighted by atomic mass is 9.73. The third kappa shape index (κ3) is 1.38. The highest BCUT2D eigenvalue weighted by Crippen LogP contribution is 2.41. The van der Waals surface area contributed by atoms with Crippen LogP contribution in [0.3, 0.4) is 0 Å².